The van der Waals surface area contributed by atoms with E-state index in [1.165, 1.54) is 31.5 Å². The zero-order chi connectivity index (χ0) is 8.55. The van der Waals surface area contributed by atoms with E-state index in [0.29, 0.717) is 12.1 Å². The first-order chi connectivity index (χ1) is 5.79. The molecule has 2 rings (SSSR count). The number of rotatable bonds is 1. The van der Waals surface area contributed by atoms with Gasteiger partial charge >= 0.3 is 0 Å². The third-order valence-electron chi connectivity index (χ3n) is 2.77. The Balaban J connectivity index is 2.25. The van der Waals surface area contributed by atoms with Crippen LogP contribution in [0.15, 0.2) is 4.99 Å². The summed E-state index contributed by atoms with van der Waals surface area (Å²) in [5.41, 5.74) is 1.44. The third kappa shape index (κ3) is 1.19. The van der Waals surface area contributed by atoms with E-state index in [2.05, 4.69) is 29.6 Å². The number of piperidine rings is 1. The normalized spacial score (nSPS) is 28.4. The molecule has 2 aliphatic heterocycles. The summed E-state index contributed by atoms with van der Waals surface area (Å²) in [6.45, 7) is 5.72. The van der Waals surface area contributed by atoms with Crippen LogP contribution in [0.25, 0.3) is 0 Å². The van der Waals surface area contributed by atoms with E-state index in [9.17, 15) is 0 Å². The fourth-order valence-corrected chi connectivity index (χ4v) is 2.09. The summed E-state index contributed by atoms with van der Waals surface area (Å²) in [6.07, 6.45) is 6.53. The SMILES string of the molecule is CC(C)C1=[N+]2CCCCC2N=C1. The topological polar surface area (TPSA) is 15.4 Å². The van der Waals surface area contributed by atoms with Crippen LogP contribution in [-0.2, 0) is 0 Å². The number of aliphatic imine (C=N–C) groups is 1. The van der Waals surface area contributed by atoms with Crippen molar-refractivity contribution in [2.75, 3.05) is 6.54 Å². The Bertz CT molecular complexity index is 238. The summed E-state index contributed by atoms with van der Waals surface area (Å²) in [6, 6.07) is 0. The van der Waals surface area contributed by atoms with Crippen molar-refractivity contribution in [2.24, 2.45) is 10.9 Å². The maximum Gasteiger partial charge on any atom is 0.245 e. The van der Waals surface area contributed by atoms with Crippen molar-refractivity contribution in [3.8, 4) is 0 Å². The third-order valence-corrected chi connectivity index (χ3v) is 2.77. The molecule has 2 nitrogen and oxygen atoms in total. The molecule has 0 aromatic rings. The van der Waals surface area contributed by atoms with Gasteiger partial charge in [0.05, 0.1) is 6.21 Å². The van der Waals surface area contributed by atoms with Crippen LogP contribution in [0.5, 0.6) is 0 Å². The minimum absolute atomic E-state index is 0.496. The molecule has 2 heteroatoms. The van der Waals surface area contributed by atoms with Crippen LogP contribution in [0.2, 0.25) is 0 Å². The van der Waals surface area contributed by atoms with Crippen molar-refractivity contribution in [2.45, 2.75) is 39.3 Å². The summed E-state index contributed by atoms with van der Waals surface area (Å²) in [5.74, 6) is 0.636. The van der Waals surface area contributed by atoms with Crippen molar-refractivity contribution in [3.63, 3.8) is 0 Å². The fraction of sp³-hybridized carbons (Fsp3) is 0.800. The van der Waals surface area contributed by atoms with Gasteiger partial charge in [0.1, 0.15) is 6.54 Å². The van der Waals surface area contributed by atoms with Gasteiger partial charge in [-0.1, -0.05) is 13.8 Å². The predicted octanol–water partition coefficient (Wildman–Crippen LogP) is 1.69. The molecular weight excluding hydrogens is 148 g/mol. The Hall–Kier alpha value is -0.660. The van der Waals surface area contributed by atoms with E-state index in [1.807, 2.05) is 0 Å². The van der Waals surface area contributed by atoms with Gasteiger partial charge in [0, 0.05) is 18.8 Å². The van der Waals surface area contributed by atoms with Gasteiger partial charge in [-0.2, -0.15) is 0 Å². The monoisotopic (exact) mass is 165 g/mol. The highest BCUT2D eigenvalue weighted by Crippen LogP contribution is 2.18. The molecule has 0 aromatic heterocycles. The Morgan fingerprint density at radius 2 is 2.33 bits per heavy atom. The molecule has 0 N–H and O–H groups in total. The van der Waals surface area contributed by atoms with Gasteiger partial charge in [-0.15, -0.1) is 0 Å². The largest absolute Gasteiger partial charge is 0.245 e. The summed E-state index contributed by atoms with van der Waals surface area (Å²) in [5, 5.41) is 0. The molecule has 1 atom stereocenters. The minimum atomic E-state index is 0.496. The first-order valence-corrected chi connectivity index (χ1v) is 4.95. The van der Waals surface area contributed by atoms with Gasteiger partial charge in [0.2, 0.25) is 6.17 Å². The molecule has 12 heavy (non-hydrogen) atoms. The van der Waals surface area contributed by atoms with Gasteiger partial charge < -0.3 is 0 Å². The number of fused-ring (bicyclic) bond motifs is 1. The summed E-state index contributed by atoms with van der Waals surface area (Å²) in [7, 11) is 0. The molecule has 2 aliphatic rings. The molecule has 0 aromatic carbocycles. The lowest BCUT2D eigenvalue weighted by Gasteiger charge is -2.15. The first kappa shape index (κ1) is 7.96. The number of nitrogens with zero attached hydrogens (tertiary/aromatic N) is 2. The molecule has 0 bridgehead atoms. The smallest absolute Gasteiger partial charge is 0.219 e. The van der Waals surface area contributed by atoms with Gasteiger partial charge in [-0.3, -0.25) is 0 Å². The molecule has 0 saturated carbocycles. The molecular formula is C10H17N2+. The average Bonchev–Trinajstić information content (AvgIpc) is 2.47. The Morgan fingerprint density at radius 3 is 3.08 bits per heavy atom. The van der Waals surface area contributed by atoms with Crippen LogP contribution < -0.4 is 0 Å². The molecule has 0 amide bonds. The van der Waals surface area contributed by atoms with Crippen LogP contribution >= 0.6 is 0 Å². The molecule has 0 radical (unpaired) electrons. The van der Waals surface area contributed by atoms with E-state index < -0.39 is 0 Å². The zero-order valence-corrected chi connectivity index (χ0v) is 7.95. The van der Waals surface area contributed by atoms with E-state index in [0.717, 1.165) is 0 Å². The van der Waals surface area contributed by atoms with E-state index in [-0.39, 0.29) is 0 Å². The van der Waals surface area contributed by atoms with Gasteiger partial charge in [0.25, 0.3) is 0 Å². The first-order valence-electron chi connectivity index (χ1n) is 4.95. The van der Waals surface area contributed by atoms with Crippen LogP contribution in [0, 0.1) is 5.92 Å². The summed E-state index contributed by atoms with van der Waals surface area (Å²) >= 11 is 0. The summed E-state index contributed by atoms with van der Waals surface area (Å²) in [4.78, 5) is 4.52. The molecule has 1 saturated heterocycles. The van der Waals surface area contributed by atoms with Gasteiger partial charge in [-0.05, 0) is 6.42 Å². The zero-order valence-electron chi connectivity index (χ0n) is 7.95. The van der Waals surface area contributed by atoms with Crippen LogP contribution in [0.4, 0.5) is 0 Å². The van der Waals surface area contributed by atoms with Crippen LogP contribution in [0.1, 0.15) is 33.1 Å². The van der Waals surface area contributed by atoms with Gasteiger partial charge in [-0.25, -0.2) is 9.57 Å². The Labute approximate surface area is 74.0 Å². The van der Waals surface area contributed by atoms with Crippen LogP contribution in [-0.4, -0.2) is 29.2 Å². The van der Waals surface area contributed by atoms with E-state index in [1.54, 1.807) is 0 Å². The van der Waals surface area contributed by atoms with Crippen molar-refractivity contribution >= 4 is 11.9 Å². The molecule has 1 unspecified atom stereocenters. The second-order valence-corrected chi connectivity index (χ2v) is 4.03. The molecule has 0 aliphatic carbocycles. The maximum absolute atomic E-state index is 4.52. The highest BCUT2D eigenvalue weighted by atomic mass is 15.2. The maximum atomic E-state index is 4.52. The van der Waals surface area contributed by atoms with E-state index in [4.69, 9.17) is 0 Å². The minimum Gasteiger partial charge on any atom is -0.219 e. The lowest BCUT2D eigenvalue weighted by molar-refractivity contribution is -0.571. The number of hydrogen-bond acceptors (Lipinski definition) is 1. The molecule has 66 valence electrons. The lowest BCUT2D eigenvalue weighted by Crippen LogP contribution is -2.32. The Kier molecular flexibility index (Phi) is 1.99. The lowest BCUT2D eigenvalue weighted by atomic mass is 10.1. The second kappa shape index (κ2) is 3.00. The van der Waals surface area contributed by atoms with E-state index >= 15 is 0 Å². The van der Waals surface area contributed by atoms with Crippen molar-refractivity contribution < 1.29 is 4.58 Å². The fourth-order valence-electron chi connectivity index (χ4n) is 2.09. The standard InChI is InChI=1S/C10H17N2/c1-8(2)9-7-11-10-5-3-4-6-12(9)10/h7-8,10H,3-6H2,1-2H3/q+1. The summed E-state index contributed by atoms with van der Waals surface area (Å²) < 4.78 is 2.48. The molecule has 2 heterocycles. The second-order valence-electron chi connectivity index (χ2n) is 4.03. The Morgan fingerprint density at radius 1 is 1.50 bits per heavy atom. The van der Waals surface area contributed by atoms with Crippen molar-refractivity contribution in [1.29, 1.82) is 0 Å². The predicted molar refractivity (Wildman–Crippen MR) is 51.1 cm³/mol. The molecule has 1 fully saturated rings. The highest BCUT2D eigenvalue weighted by molar-refractivity contribution is 6.29. The van der Waals surface area contributed by atoms with Gasteiger partial charge in [0.15, 0.2) is 5.71 Å². The highest BCUT2D eigenvalue weighted by Gasteiger charge is 2.32. The average molecular weight is 165 g/mol. The quantitative estimate of drug-likeness (QED) is 0.525. The van der Waals surface area contributed by atoms with Crippen LogP contribution in [0.3, 0.4) is 0 Å². The number of hydrogen-bond donors (Lipinski definition) is 0. The molecule has 0 spiro atoms. The van der Waals surface area contributed by atoms with Crippen molar-refractivity contribution in [3.05, 3.63) is 0 Å². The van der Waals surface area contributed by atoms with Crippen molar-refractivity contribution in [1.82, 2.24) is 0 Å².